The van der Waals surface area contributed by atoms with E-state index in [1.54, 1.807) is 4.90 Å². The molecule has 6 heteroatoms. The lowest BCUT2D eigenvalue weighted by Crippen LogP contribution is -2.38. The van der Waals surface area contributed by atoms with Gasteiger partial charge in [0.25, 0.3) is 0 Å². The Morgan fingerprint density at radius 1 is 1.24 bits per heavy atom. The van der Waals surface area contributed by atoms with E-state index >= 15 is 0 Å². The second-order valence-electron chi connectivity index (χ2n) is 5.44. The van der Waals surface area contributed by atoms with E-state index in [2.05, 4.69) is 5.32 Å². The summed E-state index contributed by atoms with van der Waals surface area (Å²) in [6, 6.07) is 7.50. The van der Waals surface area contributed by atoms with Gasteiger partial charge in [-0.3, -0.25) is 4.79 Å². The van der Waals surface area contributed by atoms with Gasteiger partial charge >= 0.3 is 12.0 Å². The molecule has 21 heavy (non-hydrogen) atoms. The molecule has 1 aliphatic rings. The predicted molar refractivity (Wildman–Crippen MR) is 81.8 cm³/mol. The summed E-state index contributed by atoms with van der Waals surface area (Å²) in [7, 11) is 3.91. The Morgan fingerprint density at radius 2 is 1.86 bits per heavy atom. The first-order chi connectivity index (χ1) is 9.97. The lowest BCUT2D eigenvalue weighted by Gasteiger charge is -2.22. The fourth-order valence-electron chi connectivity index (χ4n) is 2.09. The van der Waals surface area contributed by atoms with Crippen LogP contribution < -0.4 is 10.2 Å². The number of nitrogens with zero attached hydrogens (tertiary/aromatic N) is 2. The van der Waals surface area contributed by atoms with Gasteiger partial charge in [0.05, 0.1) is 6.42 Å². The van der Waals surface area contributed by atoms with Gasteiger partial charge in [-0.1, -0.05) is 0 Å². The van der Waals surface area contributed by atoms with E-state index in [0.29, 0.717) is 5.69 Å². The summed E-state index contributed by atoms with van der Waals surface area (Å²) in [5, 5.41) is 11.6. The van der Waals surface area contributed by atoms with Crippen molar-refractivity contribution in [3.05, 3.63) is 24.3 Å². The van der Waals surface area contributed by atoms with Crippen LogP contribution in [-0.2, 0) is 4.79 Å². The van der Waals surface area contributed by atoms with E-state index in [1.165, 1.54) is 0 Å². The van der Waals surface area contributed by atoms with Gasteiger partial charge in [-0.15, -0.1) is 0 Å². The van der Waals surface area contributed by atoms with Crippen molar-refractivity contribution >= 4 is 23.4 Å². The van der Waals surface area contributed by atoms with Crippen molar-refractivity contribution < 1.29 is 14.7 Å². The fraction of sp³-hybridized carbons (Fsp3) is 0.467. The summed E-state index contributed by atoms with van der Waals surface area (Å²) in [6.45, 7) is 0.252. The van der Waals surface area contributed by atoms with Crippen molar-refractivity contribution in [2.24, 2.45) is 0 Å². The molecule has 1 fully saturated rings. The van der Waals surface area contributed by atoms with Crippen molar-refractivity contribution in [2.45, 2.75) is 25.3 Å². The Bertz CT molecular complexity index is 509. The third-order valence-corrected chi connectivity index (χ3v) is 3.45. The number of hydrogen-bond donors (Lipinski definition) is 2. The van der Waals surface area contributed by atoms with E-state index in [9.17, 15) is 9.59 Å². The fourth-order valence-corrected chi connectivity index (χ4v) is 2.09. The lowest BCUT2D eigenvalue weighted by molar-refractivity contribution is -0.137. The van der Waals surface area contributed by atoms with Crippen LogP contribution >= 0.6 is 0 Å². The van der Waals surface area contributed by atoms with Crippen molar-refractivity contribution in [2.75, 3.05) is 30.9 Å². The quantitative estimate of drug-likeness (QED) is 0.843. The van der Waals surface area contributed by atoms with Crippen LogP contribution in [0.15, 0.2) is 24.3 Å². The van der Waals surface area contributed by atoms with Crippen LogP contribution in [0.5, 0.6) is 0 Å². The number of rotatable bonds is 6. The summed E-state index contributed by atoms with van der Waals surface area (Å²) in [6.07, 6.45) is 1.88. The Labute approximate surface area is 124 Å². The van der Waals surface area contributed by atoms with Gasteiger partial charge in [0, 0.05) is 38.1 Å². The lowest BCUT2D eigenvalue weighted by atomic mass is 10.2. The molecule has 0 bridgehead atoms. The van der Waals surface area contributed by atoms with Gasteiger partial charge in [-0.25, -0.2) is 4.79 Å². The highest BCUT2D eigenvalue weighted by Crippen LogP contribution is 2.27. The van der Waals surface area contributed by atoms with Crippen LogP contribution in [0.4, 0.5) is 16.2 Å². The molecule has 0 unspecified atom stereocenters. The molecule has 114 valence electrons. The number of carbonyl (C=O) groups excluding carboxylic acids is 1. The van der Waals surface area contributed by atoms with E-state index in [1.807, 2.05) is 43.3 Å². The maximum Gasteiger partial charge on any atom is 0.322 e. The monoisotopic (exact) mass is 291 g/mol. The number of carboxylic acid groups (broad SMARTS) is 1. The van der Waals surface area contributed by atoms with Crippen LogP contribution in [0, 0.1) is 0 Å². The van der Waals surface area contributed by atoms with E-state index in [4.69, 9.17) is 5.11 Å². The Balaban J connectivity index is 1.96. The molecule has 0 radical (unpaired) electrons. The van der Waals surface area contributed by atoms with Gasteiger partial charge in [-0.2, -0.15) is 0 Å². The average Bonchev–Trinajstić information content (AvgIpc) is 3.23. The maximum atomic E-state index is 12.2. The summed E-state index contributed by atoms with van der Waals surface area (Å²) in [4.78, 5) is 26.5. The number of nitrogens with one attached hydrogen (secondary N) is 1. The number of benzene rings is 1. The molecule has 1 aromatic rings. The Morgan fingerprint density at radius 3 is 2.33 bits per heavy atom. The molecular weight excluding hydrogens is 270 g/mol. The second-order valence-corrected chi connectivity index (χ2v) is 5.44. The van der Waals surface area contributed by atoms with Crippen LogP contribution in [0.1, 0.15) is 19.3 Å². The third kappa shape index (κ3) is 4.37. The number of carboxylic acids is 1. The van der Waals surface area contributed by atoms with Crippen LogP contribution in [-0.4, -0.2) is 48.7 Å². The standard InChI is InChI=1S/C15H21N3O3/c1-17(2)12-5-3-11(4-6-12)16-15(21)18(13-7-8-13)10-9-14(19)20/h3-6,13H,7-10H2,1-2H3,(H,16,21)(H,19,20). The molecule has 0 aliphatic heterocycles. The molecule has 0 atom stereocenters. The largest absolute Gasteiger partial charge is 0.481 e. The van der Waals surface area contributed by atoms with E-state index in [-0.39, 0.29) is 25.0 Å². The average molecular weight is 291 g/mol. The van der Waals surface area contributed by atoms with E-state index < -0.39 is 5.97 Å². The highest BCUT2D eigenvalue weighted by atomic mass is 16.4. The molecule has 2 rings (SSSR count). The summed E-state index contributed by atoms with van der Waals surface area (Å²) < 4.78 is 0. The van der Waals surface area contributed by atoms with Gasteiger partial charge in [-0.05, 0) is 37.1 Å². The Kier molecular flexibility index (Phi) is 4.67. The van der Waals surface area contributed by atoms with Gasteiger partial charge < -0.3 is 20.2 Å². The number of aliphatic carboxylic acids is 1. The first-order valence-corrected chi connectivity index (χ1v) is 7.04. The summed E-state index contributed by atoms with van der Waals surface area (Å²) in [5.74, 6) is -0.885. The molecule has 6 nitrogen and oxygen atoms in total. The highest BCUT2D eigenvalue weighted by Gasteiger charge is 2.32. The molecule has 1 aliphatic carbocycles. The molecule has 0 spiro atoms. The van der Waals surface area contributed by atoms with Crippen LogP contribution in [0.25, 0.3) is 0 Å². The zero-order valence-corrected chi connectivity index (χ0v) is 12.4. The van der Waals surface area contributed by atoms with Crippen molar-refractivity contribution in [1.82, 2.24) is 4.90 Å². The normalized spacial score (nSPS) is 13.6. The molecule has 0 aromatic heterocycles. The van der Waals surface area contributed by atoms with Crippen molar-refractivity contribution in [1.29, 1.82) is 0 Å². The summed E-state index contributed by atoms with van der Waals surface area (Å²) >= 11 is 0. The molecule has 2 amide bonds. The minimum atomic E-state index is -0.885. The third-order valence-electron chi connectivity index (χ3n) is 3.45. The van der Waals surface area contributed by atoms with E-state index in [0.717, 1.165) is 18.5 Å². The Hall–Kier alpha value is -2.24. The SMILES string of the molecule is CN(C)c1ccc(NC(=O)N(CCC(=O)O)C2CC2)cc1. The minimum absolute atomic E-state index is 0.0243. The molecule has 1 saturated carbocycles. The highest BCUT2D eigenvalue weighted by molar-refractivity contribution is 5.90. The van der Waals surface area contributed by atoms with Gasteiger partial charge in [0.15, 0.2) is 0 Å². The molecule has 0 heterocycles. The first-order valence-electron chi connectivity index (χ1n) is 7.04. The van der Waals surface area contributed by atoms with Gasteiger partial charge in [0.2, 0.25) is 0 Å². The molecule has 0 saturated heterocycles. The topological polar surface area (TPSA) is 72.9 Å². The first kappa shape index (κ1) is 15.2. The molecule has 1 aromatic carbocycles. The minimum Gasteiger partial charge on any atom is -0.481 e. The smallest absolute Gasteiger partial charge is 0.322 e. The van der Waals surface area contributed by atoms with Gasteiger partial charge in [0.1, 0.15) is 0 Å². The maximum absolute atomic E-state index is 12.2. The van der Waals surface area contributed by atoms with Crippen molar-refractivity contribution in [3.63, 3.8) is 0 Å². The second kappa shape index (κ2) is 6.47. The number of urea groups is 1. The predicted octanol–water partition coefficient (Wildman–Crippen LogP) is 2.22. The number of anilines is 2. The zero-order chi connectivity index (χ0) is 15.4. The summed E-state index contributed by atoms with van der Waals surface area (Å²) in [5.41, 5.74) is 1.77. The number of hydrogen-bond acceptors (Lipinski definition) is 3. The molecular formula is C15H21N3O3. The molecule has 2 N–H and O–H groups in total. The number of carbonyl (C=O) groups is 2. The van der Waals surface area contributed by atoms with Crippen LogP contribution in [0.3, 0.4) is 0 Å². The number of amides is 2. The zero-order valence-electron chi connectivity index (χ0n) is 12.4. The van der Waals surface area contributed by atoms with Crippen molar-refractivity contribution in [3.8, 4) is 0 Å². The van der Waals surface area contributed by atoms with Crippen LogP contribution in [0.2, 0.25) is 0 Å².